The number of aromatic nitrogens is 2. The molecule has 0 radical (unpaired) electrons. The van der Waals surface area contributed by atoms with Gasteiger partial charge in [0, 0.05) is 17.9 Å². The summed E-state index contributed by atoms with van der Waals surface area (Å²) in [6.45, 7) is 12.0. The Morgan fingerprint density at radius 1 is 1.17 bits per heavy atom. The van der Waals surface area contributed by atoms with Gasteiger partial charge in [0.15, 0.2) is 0 Å². The van der Waals surface area contributed by atoms with Gasteiger partial charge < -0.3 is 15.0 Å². The highest BCUT2D eigenvalue weighted by atomic mass is 32.2. The van der Waals surface area contributed by atoms with E-state index < -0.39 is 6.09 Å². The first kappa shape index (κ1) is 23.3. The van der Waals surface area contributed by atoms with E-state index in [0.29, 0.717) is 12.3 Å². The van der Waals surface area contributed by atoms with Crippen molar-refractivity contribution in [2.75, 3.05) is 6.61 Å². The third-order valence-electron chi connectivity index (χ3n) is 4.79. The Morgan fingerprint density at radius 3 is 2.45 bits per heavy atom. The molecule has 1 aromatic carbocycles. The Morgan fingerprint density at radius 2 is 1.86 bits per heavy atom. The zero-order valence-corrected chi connectivity index (χ0v) is 19.3. The number of nitrogens with two attached hydrogens (primary N) is 1. The van der Waals surface area contributed by atoms with Crippen molar-refractivity contribution in [2.24, 2.45) is 5.73 Å². The van der Waals surface area contributed by atoms with E-state index >= 15 is 0 Å². The first-order valence-electron chi connectivity index (χ1n) is 10.6. The molecule has 1 heterocycles. The molecule has 0 aliphatic rings. The second-order valence-electron chi connectivity index (χ2n) is 7.93. The summed E-state index contributed by atoms with van der Waals surface area (Å²) in [4.78, 5) is 17.2. The molecule has 160 valence electrons. The van der Waals surface area contributed by atoms with Crippen molar-refractivity contribution in [1.29, 1.82) is 0 Å². The Balaban J connectivity index is 2.37. The summed E-state index contributed by atoms with van der Waals surface area (Å²) in [5, 5.41) is 1.20. The topological polar surface area (TPSA) is 70.1 Å². The number of imidazole rings is 1. The number of hydrogen-bond donors (Lipinski definition) is 1. The molecule has 0 aliphatic heterocycles. The van der Waals surface area contributed by atoms with E-state index in [4.69, 9.17) is 15.5 Å². The summed E-state index contributed by atoms with van der Waals surface area (Å²) in [6.07, 6.45) is 4.61. The lowest BCUT2D eigenvalue weighted by Gasteiger charge is -2.14. The molecule has 2 aromatic rings. The summed E-state index contributed by atoms with van der Waals surface area (Å²) in [5.41, 5.74) is 8.77. The van der Waals surface area contributed by atoms with Crippen molar-refractivity contribution >= 4 is 17.9 Å². The predicted molar refractivity (Wildman–Crippen MR) is 120 cm³/mol. The quantitative estimate of drug-likeness (QED) is 0.456. The van der Waals surface area contributed by atoms with E-state index in [1.807, 2.05) is 0 Å². The minimum Gasteiger partial charge on any atom is -0.449 e. The molecule has 2 N–H and O–H groups in total. The number of nitrogens with zero attached hydrogens (tertiary/aromatic N) is 2. The molecule has 29 heavy (non-hydrogen) atoms. The van der Waals surface area contributed by atoms with Gasteiger partial charge in [0.1, 0.15) is 17.5 Å². The summed E-state index contributed by atoms with van der Waals surface area (Å²) >= 11 is 1.79. The molecule has 0 saturated heterocycles. The molecule has 0 atom stereocenters. The van der Waals surface area contributed by atoms with Gasteiger partial charge in [0.25, 0.3) is 0 Å². The van der Waals surface area contributed by atoms with Crippen molar-refractivity contribution in [3.8, 4) is 0 Å². The van der Waals surface area contributed by atoms with E-state index in [1.165, 1.54) is 40.3 Å². The second-order valence-corrected chi connectivity index (χ2v) is 8.99. The number of hydrogen-bond acceptors (Lipinski definition) is 4. The van der Waals surface area contributed by atoms with Crippen LogP contribution in [0.4, 0.5) is 4.79 Å². The number of primary amides is 1. The van der Waals surface area contributed by atoms with Gasteiger partial charge in [-0.3, -0.25) is 0 Å². The van der Waals surface area contributed by atoms with Crippen LogP contribution >= 0.6 is 11.8 Å². The molecule has 0 saturated carbocycles. The number of rotatable bonds is 11. The fraction of sp³-hybridized carbons (Fsp3) is 0.565. The molecule has 6 heteroatoms. The fourth-order valence-electron chi connectivity index (χ4n) is 3.45. The van der Waals surface area contributed by atoms with E-state index in [-0.39, 0.29) is 6.61 Å². The largest absolute Gasteiger partial charge is 0.449 e. The highest BCUT2D eigenvalue weighted by Gasteiger charge is 2.20. The van der Waals surface area contributed by atoms with Gasteiger partial charge in [-0.2, -0.15) is 0 Å². The summed E-state index contributed by atoms with van der Waals surface area (Å²) in [5.74, 6) is 1.29. The predicted octanol–water partition coefficient (Wildman–Crippen LogP) is 5.99. The fourth-order valence-corrected chi connectivity index (χ4v) is 4.86. The molecule has 0 spiro atoms. The maximum atomic E-state index is 11.0. The molecular formula is C23H35N3O2S. The second kappa shape index (κ2) is 11.3. The van der Waals surface area contributed by atoms with Crippen molar-refractivity contribution in [3.63, 3.8) is 0 Å². The van der Waals surface area contributed by atoms with E-state index in [0.717, 1.165) is 24.5 Å². The van der Waals surface area contributed by atoms with Crippen LogP contribution in [0.25, 0.3) is 0 Å². The van der Waals surface area contributed by atoms with Crippen LogP contribution in [0.3, 0.4) is 0 Å². The monoisotopic (exact) mass is 417 g/mol. The van der Waals surface area contributed by atoms with Crippen LogP contribution in [0.15, 0.2) is 28.1 Å². The zero-order chi connectivity index (χ0) is 21.4. The molecule has 0 fully saturated rings. The van der Waals surface area contributed by atoms with Crippen LogP contribution in [0.2, 0.25) is 0 Å². The molecule has 0 bridgehead atoms. The highest BCUT2D eigenvalue weighted by Crippen LogP contribution is 2.36. The third-order valence-corrected chi connectivity index (χ3v) is 5.88. The first-order chi connectivity index (χ1) is 13.8. The Hall–Kier alpha value is -1.95. The molecule has 0 aliphatic carbocycles. The smallest absolute Gasteiger partial charge is 0.404 e. The summed E-state index contributed by atoms with van der Waals surface area (Å²) in [7, 11) is 0. The van der Waals surface area contributed by atoms with Crippen LogP contribution in [0.5, 0.6) is 0 Å². The number of ether oxygens (including phenoxy) is 1. The van der Waals surface area contributed by atoms with E-state index in [9.17, 15) is 4.79 Å². The Labute approximate surface area is 179 Å². The maximum Gasteiger partial charge on any atom is 0.404 e. The van der Waals surface area contributed by atoms with Crippen LogP contribution in [0.1, 0.15) is 75.0 Å². The van der Waals surface area contributed by atoms with Crippen molar-refractivity contribution in [1.82, 2.24) is 9.55 Å². The summed E-state index contributed by atoms with van der Waals surface area (Å²) in [6, 6.07) is 6.65. The zero-order valence-electron chi connectivity index (χ0n) is 18.5. The molecule has 1 amide bonds. The highest BCUT2D eigenvalue weighted by molar-refractivity contribution is 7.99. The van der Waals surface area contributed by atoms with Crippen LogP contribution < -0.4 is 5.73 Å². The first-order valence-corrected chi connectivity index (χ1v) is 11.4. The van der Waals surface area contributed by atoms with Gasteiger partial charge in [0.2, 0.25) is 0 Å². The average Bonchev–Trinajstić information content (AvgIpc) is 2.95. The SMILES string of the molecule is CCCCCCn1c(CCOC(N)=O)nc(C(C)C)c1Sc1cc(C)cc(C)c1. The number of aryl methyl sites for hydroxylation is 2. The Bertz CT molecular complexity index is 794. The van der Waals surface area contributed by atoms with Gasteiger partial charge >= 0.3 is 6.09 Å². The number of carbonyl (C=O) groups excluding carboxylic acids is 1. The number of carbonyl (C=O) groups is 1. The minimum atomic E-state index is -0.736. The molecular weight excluding hydrogens is 382 g/mol. The van der Waals surface area contributed by atoms with Gasteiger partial charge in [-0.15, -0.1) is 0 Å². The van der Waals surface area contributed by atoms with Crippen molar-refractivity contribution < 1.29 is 9.53 Å². The van der Waals surface area contributed by atoms with E-state index in [2.05, 4.69) is 57.4 Å². The number of amides is 1. The molecule has 1 aromatic heterocycles. The molecule has 2 rings (SSSR count). The number of benzene rings is 1. The lowest BCUT2D eigenvalue weighted by molar-refractivity contribution is 0.157. The average molecular weight is 418 g/mol. The van der Waals surface area contributed by atoms with Crippen molar-refractivity contribution in [2.45, 2.75) is 89.1 Å². The minimum absolute atomic E-state index is 0.256. The molecule has 0 unspecified atom stereocenters. The lowest BCUT2D eigenvalue weighted by atomic mass is 10.1. The van der Waals surface area contributed by atoms with Crippen LogP contribution in [-0.2, 0) is 17.7 Å². The lowest BCUT2D eigenvalue weighted by Crippen LogP contribution is -2.16. The van der Waals surface area contributed by atoms with E-state index in [1.54, 1.807) is 11.8 Å². The third kappa shape index (κ3) is 7.11. The molecule has 5 nitrogen and oxygen atoms in total. The summed E-state index contributed by atoms with van der Waals surface area (Å²) < 4.78 is 7.31. The Kier molecular flexibility index (Phi) is 9.08. The van der Waals surface area contributed by atoms with Gasteiger partial charge in [-0.1, -0.05) is 57.9 Å². The van der Waals surface area contributed by atoms with Gasteiger partial charge in [-0.25, -0.2) is 9.78 Å². The van der Waals surface area contributed by atoms with Crippen LogP contribution in [-0.4, -0.2) is 22.3 Å². The van der Waals surface area contributed by atoms with Gasteiger partial charge in [-0.05, 0) is 49.4 Å². The normalized spacial score (nSPS) is 11.2. The van der Waals surface area contributed by atoms with Crippen molar-refractivity contribution in [3.05, 3.63) is 40.8 Å². The standard InChI is InChI=1S/C23H35N3O2S/c1-6-7-8-9-11-26-20(10-12-28-23(24)27)25-21(16(2)3)22(26)29-19-14-17(4)13-18(5)15-19/h13-16H,6-12H2,1-5H3,(H2,24,27). The maximum absolute atomic E-state index is 11.0. The number of unbranched alkanes of at least 4 members (excludes halogenated alkanes) is 3. The van der Waals surface area contributed by atoms with Gasteiger partial charge in [0.05, 0.1) is 5.69 Å². The van der Waals surface area contributed by atoms with Crippen LogP contribution in [0, 0.1) is 13.8 Å².